The van der Waals surface area contributed by atoms with E-state index in [1.165, 1.54) is 17.2 Å². The molecule has 0 spiro atoms. The van der Waals surface area contributed by atoms with Crippen molar-refractivity contribution in [3.05, 3.63) is 69.1 Å². The van der Waals surface area contributed by atoms with Crippen LogP contribution in [0.15, 0.2) is 41.2 Å². The maximum Gasteiger partial charge on any atom is 0.256 e. The summed E-state index contributed by atoms with van der Waals surface area (Å²) in [6, 6.07) is 11.6. The molecule has 0 radical (unpaired) electrons. The van der Waals surface area contributed by atoms with Gasteiger partial charge >= 0.3 is 0 Å². The Morgan fingerprint density at radius 1 is 1.19 bits per heavy atom. The molecule has 2 aliphatic rings. The van der Waals surface area contributed by atoms with Gasteiger partial charge in [-0.15, -0.1) is 0 Å². The Kier molecular flexibility index (Phi) is 4.41. The summed E-state index contributed by atoms with van der Waals surface area (Å²) in [5.41, 5.74) is 3.65. The highest BCUT2D eigenvalue weighted by atomic mass is 16.2. The summed E-state index contributed by atoms with van der Waals surface area (Å²) in [6.07, 6.45) is 0.633. The first-order chi connectivity index (χ1) is 12.6. The molecule has 2 N–H and O–H groups in total. The lowest BCUT2D eigenvalue weighted by atomic mass is 9.87. The molecule has 5 heteroatoms. The lowest BCUT2D eigenvalue weighted by Gasteiger charge is -2.30. The zero-order valence-electron chi connectivity index (χ0n) is 15.3. The molecule has 2 aliphatic heterocycles. The summed E-state index contributed by atoms with van der Waals surface area (Å²) in [4.78, 5) is 30.0. The maximum absolute atomic E-state index is 13.4. The molecule has 4 rings (SSSR count). The Labute approximate surface area is 153 Å². The SMILES string of the molecule is CCc1[nH]c(=O)ccc1C(=O)N1C[C@@H]2CNC[C@@H]2[C@H]1c1ccccc1C. The lowest BCUT2D eigenvalue weighted by molar-refractivity contribution is 0.0712. The Morgan fingerprint density at radius 3 is 2.77 bits per heavy atom. The molecule has 2 saturated heterocycles. The van der Waals surface area contributed by atoms with Crippen LogP contribution in [0, 0.1) is 18.8 Å². The summed E-state index contributed by atoms with van der Waals surface area (Å²) in [5.74, 6) is 0.949. The van der Waals surface area contributed by atoms with Gasteiger partial charge in [-0.05, 0) is 36.5 Å². The number of hydrogen-bond acceptors (Lipinski definition) is 3. The molecule has 0 saturated carbocycles. The molecule has 2 fully saturated rings. The number of fused-ring (bicyclic) bond motifs is 1. The van der Waals surface area contributed by atoms with Gasteiger partial charge in [-0.3, -0.25) is 9.59 Å². The Balaban J connectivity index is 1.76. The monoisotopic (exact) mass is 351 g/mol. The van der Waals surface area contributed by atoms with Crippen LogP contribution in [0.4, 0.5) is 0 Å². The fourth-order valence-corrected chi connectivity index (χ4v) is 4.60. The maximum atomic E-state index is 13.4. The van der Waals surface area contributed by atoms with Crippen LogP contribution >= 0.6 is 0 Å². The predicted molar refractivity (Wildman–Crippen MR) is 101 cm³/mol. The quantitative estimate of drug-likeness (QED) is 0.892. The number of aryl methyl sites for hydroxylation is 2. The number of nitrogens with one attached hydrogen (secondary N) is 2. The van der Waals surface area contributed by atoms with E-state index in [9.17, 15) is 9.59 Å². The number of H-pyrrole nitrogens is 1. The number of carbonyl (C=O) groups is 1. The highest BCUT2D eigenvalue weighted by Gasteiger charge is 2.47. The fraction of sp³-hybridized carbons (Fsp3) is 0.429. The van der Waals surface area contributed by atoms with Crippen molar-refractivity contribution in [2.24, 2.45) is 11.8 Å². The second-order valence-electron chi connectivity index (χ2n) is 7.41. The topological polar surface area (TPSA) is 65.2 Å². The number of nitrogens with zero attached hydrogens (tertiary/aromatic N) is 1. The van der Waals surface area contributed by atoms with Crippen LogP contribution in [0.2, 0.25) is 0 Å². The molecule has 2 aromatic rings. The third-order valence-electron chi connectivity index (χ3n) is 5.92. The van der Waals surface area contributed by atoms with E-state index in [0.717, 1.165) is 25.3 Å². The van der Waals surface area contributed by atoms with Crippen molar-refractivity contribution in [3.63, 3.8) is 0 Å². The van der Waals surface area contributed by atoms with Crippen LogP contribution in [0.25, 0.3) is 0 Å². The van der Waals surface area contributed by atoms with Crippen molar-refractivity contribution in [2.75, 3.05) is 19.6 Å². The van der Waals surface area contributed by atoms with Gasteiger partial charge < -0.3 is 15.2 Å². The number of carbonyl (C=O) groups excluding carboxylic acids is 1. The average molecular weight is 351 g/mol. The van der Waals surface area contributed by atoms with Gasteiger partial charge in [-0.2, -0.15) is 0 Å². The van der Waals surface area contributed by atoms with Crippen LogP contribution in [-0.2, 0) is 6.42 Å². The van der Waals surface area contributed by atoms with Gasteiger partial charge in [-0.25, -0.2) is 0 Å². The largest absolute Gasteiger partial charge is 0.331 e. The van der Waals surface area contributed by atoms with Gasteiger partial charge in [0, 0.05) is 37.3 Å². The van der Waals surface area contributed by atoms with Crippen molar-refractivity contribution >= 4 is 5.91 Å². The second kappa shape index (κ2) is 6.72. The number of amides is 1. The highest BCUT2D eigenvalue weighted by molar-refractivity contribution is 5.95. The first-order valence-corrected chi connectivity index (χ1v) is 9.39. The molecule has 0 bridgehead atoms. The summed E-state index contributed by atoms with van der Waals surface area (Å²) >= 11 is 0. The number of hydrogen-bond donors (Lipinski definition) is 2. The normalized spacial score (nSPS) is 24.7. The van der Waals surface area contributed by atoms with Crippen LogP contribution in [0.3, 0.4) is 0 Å². The van der Waals surface area contributed by atoms with E-state index in [1.807, 2.05) is 17.9 Å². The fourth-order valence-electron chi connectivity index (χ4n) is 4.60. The van der Waals surface area contributed by atoms with Gasteiger partial charge in [0.1, 0.15) is 0 Å². The molecule has 1 aromatic carbocycles. The first kappa shape index (κ1) is 17.0. The van der Waals surface area contributed by atoms with Crippen molar-refractivity contribution in [1.82, 2.24) is 15.2 Å². The summed E-state index contributed by atoms with van der Waals surface area (Å²) in [5, 5.41) is 3.49. The van der Waals surface area contributed by atoms with Crippen molar-refractivity contribution in [1.29, 1.82) is 0 Å². The molecular weight excluding hydrogens is 326 g/mol. The minimum absolute atomic E-state index is 0.0285. The van der Waals surface area contributed by atoms with E-state index in [4.69, 9.17) is 0 Å². The molecule has 1 amide bonds. The standard InChI is InChI=1S/C21H25N3O2/c1-3-18-16(8-9-19(25)23-18)21(26)24-12-14-10-22-11-17(14)20(24)15-7-5-4-6-13(15)2/h4-9,14,17,20,22H,3,10-12H2,1-2H3,(H,23,25)/t14-,17-,20+/m0/s1. The summed E-state index contributed by atoms with van der Waals surface area (Å²) in [7, 11) is 0. The molecule has 26 heavy (non-hydrogen) atoms. The minimum Gasteiger partial charge on any atom is -0.331 e. The summed E-state index contributed by atoms with van der Waals surface area (Å²) < 4.78 is 0. The molecular formula is C21H25N3O2. The van der Waals surface area contributed by atoms with Crippen molar-refractivity contribution in [3.8, 4) is 0 Å². The zero-order chi connectivity index (χ0) is 18.3. The smallest absolute Gasteiger partial charge is 0.256 e. The van der Waals surface area contributed by atoms with Crippen LogP contribution < -0.4 is 10.9 Å². The van der Waals surface area contributed by atoms with E-state index in [0.29, 0.717) is 23.8 Å². The number of likely N-dealkylation sites (tertiary alicyclic amines) is 1. The van der Waals surface area contributed by atoms with E-state index < -0.39 is 0 Å². The number of aromatic nitrogens is 1. The number of rotatable bonds is 3. The number of pyridine rings is 1. The zero-order valence-corrected chi connectivity index (χ0v) is 15.3. The molecule has 3 heterocycles. The van der Waals surface area contributed by atoms with Crippen molar-refractivity contribution in [2.45, 2.75) is 26.3 Å². The Bertz CT molecular complexity index is 889. The van der Waals surface area contributed by atoms with E-state index in [-0.39, 0.29) is 17.5 Å². The Hall–Kier alpha value is -2.40. The van der Waals surface area contributed by atoms with Crippen LogP contribution in [-0.4, -0.2) is 35.4 Å². The molecule has 1 aromatic heterocycles. The second-order valence-corrected chi connectivity index (χ2v) is 7.41. The van der Waals surface area contributed by atoms with Crippen molar-refractivity contribution < 1.29 is 4.79 Å². The third-order valence-corrected chi connectivity index (χ3v) is 5.92. The third kappa shape index (κ3) is 2.76. The average Bonchev–Trinajstić information content (AvgIpc) is 3.23. The number of aromatic amines is 1. The van der Waals surface area contributed by atoms with Gasteiger partial charge in [0.2, 0.25) is 5.56 Å². The Morgan fingerprint density at radius 2 is 2.00 bits per heavy atom. The molecule has 5 nitrogen and oxygen atoms in total. The predicted octanol–water partition coefficient (Wildman–Crippen LogP) is 2.28. The summed E-state index contributed by atoms with van der Waals surface area (Å²) in [6.45, 7) is 6.75. The molecule has 136 valence electrons. The van der Waals surface area contributed by atoms with Gasteiger partial charge in [0.05, 0.1) is 11.6 Å². The lowest BCUT2D eigenvalue weighted by Crippen LogP contribution is -2.36. The van der Waals surface area contributed by atoms with Gasteiger partial charge in [0.25, 0.3) is 5.91 Å². The number of benzene rings is 1. The van der Waals surface area contributed by atoms with Gasteiger partial charge in [-0.1, -0.05) is 31.2 Å². The highest BCUT2D eigenvalue weighted by Crippen LogP contribution is 2.44. The van der Waals surface area contributed by atoms with E-state index in [2.05, 4.69) is 35.4 Å². The minimum atomic E-state index is -0.156. The van der Waals surface area contributed by atoms with Crippen LogP contribution in [0.5, 0.6) is 0 Å². The van der Waals surface area contributed by atoms with Crippen LogP contribution in [0.1, 0.15) is 40.1 Å². The van der Waals surface area contributed by atoms with E-state index >= 15 is 0 Å². The molecule has 3 atom stereocenters. The molecule has 0 aliphatic carbocycles. The van der Waals surface area contributed by atoms with E-state index in [1.54, 1.807) is 6.07 Å². The van der Waals surface area contributed by atoms with Gasteiger partial charge in [0.15, 0.2) is 0 Å². The first-order valence-electron chi connectivity index (χ1n) is 9.39. The molecule has 0 unspecified atom stereocenters.